The van der Waals surface area contributed by atoms with Crippen LogP contribution in [0.4, 0.5) is 0 Å². The number of aromatic nitrogens is 2. The molecule has 30 heavy (non-hydrogen) atoms. The summed E-state index contributed by atoms with van der Waals surface area (Å²) in [5.74, 6) is 0.648. The summed E-state index contributed by atoms with van der Waals surface area (Å²) in [5, 5.41) is 4.64. The average Bonchev–Trinajstić information content (AvgIpc) is 3.27. The summed E-state index contributed by atoms with van der Waals surface area (Å²) >= 11 is 1.41. The van der Waals surface area contributed by atoms with Crippen LogP contribution in [0.5, 0.6) is 5.75 Å². The van der Waals surface area contributed by atoms with E-state index >= 15 is 0 Å². The number of rotatable bonds is 7. The molecule has 0 aliphatic carbocycles. The first-order valence-corrected chi connectivity index (χ1v) is 10.0. The first-order valence-electron chi connectivity index (χ1n) is 9.18. The molecule has 0 atom stereocenters. The van der Waals surface area contributed by atoms with Crippen LogP contribution in [0.3, 0.4) is 0 Å². The van der Waals surface area contributed by atoms with Crippen LogP contribution in [-0.2, 0) is 11.3 Å². The van der Waals surface area contributed by atoms with Crippen molar-refractivity contribution in [1.29, 1.82) is 0 Å². The summed E-state index contributed by atoms with van der Waals surface area (Å²) in [6, 6.07) is 22.4. The van der Waals surface area contributed by atoms with Crippen molar-refractivity contribution in [3.05, 3.63) is 90.3 Å². The van der Waals surface area contributed by atoms with Gasteiger partial charge in [0.2, 0.25) is 0 Å². The van der Waals surface area contributed by atoms with E-state index in [1.54, 1.807) is 31.5 Å². The second-order valence-electron chi connectivity index (χ2n) is 6.23. The fourth-order valence-electron chi connectivity index (χ4n) is 2.81. The number of carbonyl (C=O) groups is 1. The summed E-state index contributed by atoms with van der Waals surface area (Å²) < 4.78 is 16.1. The van der Waals surface area contributed by atoms with Gasteiger partial charge in [0.25, 0.3) is 0 Å². The minimum absolute atomic E-state index is 0.0364. The zero-order valence-corrected chi connectivity index (χ0v) is 17.0. The Morgan fingerprint density at radius 3 is 2.67 bits per heavy atom. The molecule has 0 unspecified atom stereocenters. The molecule has 4 aromatic rings. The molecule has 0 N–H and O–H groups in total. The van der Waals surface area contributed by atoms with Crippen LogP contribution in [0.25, 0.3) is 11.3 Å². The van der Waals surface area contributed by atoms with Crippen molar-refractivity contribution in [3.63, 3.8) is 0 Å². The van der Waals surface area contributed by atoms with Gasteiger partial charge in [0.05, 0.1) is 12.7 Å². The zero-order valence-electron chi connectivity index (χ0n) is 16.1. The minimum Gasteiger partial charge on any atom is -0.496 e. The number of hydrogen-bond donors (Lipinski definition) is 0. The molecule has 0 spiro atoms. The molecule has 2 heterocycles. The maximum absolute atomic E-state index is 12.6. The highest BCUT2D eigenvalue weighted by atomic mass is 32.2. The van der Waals surface area contributed by atoms with Gasteiger partial charge in [0, 0.05) is 22.7 Å². The monoisotopic (exact) mass is 418 g/mol. The van der Waals surface area contributed by atoms with Crippen molar-refractivity contribution in [2.24, 2.45) is 0 Å². The summed E-state index contributed by atoms with van der Waals surface area (Å²) in [6.45, 7) is -0.0364. The molecule has 0 saturated heterocycles. The van der Waals surface area contributed by atoms with Gasteiger partial charge in [-0.2, -0.15) is 0 Å². The van der Waals surface area contributed by atoms with E-state index in [0.717, 1.165) is 10.5 Å². The normalized spacial score (nSPS) is 10.6. The van der Waals surface area contributed by atoms with Crippen molar-refractivity contribution in [3.8, 4) is 17.0 Å². The highest BCUT2D eigenvalue weighted by Crippen LogP contribution is 2.30. The minimum atomic E-state index is -0.475. The molecule has 0 amide bonds. The lowest BCUT2D eigenvalue weighted by Crippen LogP contribution is -2.07. The Balaban J connectivity index is 1.45. The highest BCUT2D eigenvalue weighted by molar-refractivity contribution is 7.99. The SMILES string of the molecule is COc1ccccc1-c1cc(COC(=O)c2cccnc2Sc2ccccc2)on1. The molecule has 0 aliphatic rings. The molecular formula is C23H18N2O4S. The Morgan fingerprint density at radius 2 is 1.83 bits per heavy atom. The number of esters is 1. The predicted octanol–water partition coefficient (Wildman–Crippen LogP) is 5.25. The number of methoxy groups -OCH3 is 1. The Bertz CT molecular complexity index is 1140. The van der Waals surface area contributed by atoms with Crippen LogP contribution in [0.15, 0.2) is 93.4 Å². The van der Waals surface area contributed by atoms with Crippen LogP contribution in [0.1, 0.15) is 16.1 Å². The van der Waals surface area contributed by atoms with Crippen molar-refractivity contribution >= 4 is 17.7 Å². The van der Waals surface area contributed by atoms with Crippen molar-refractivity contribution in [2.45, 2.75) is 16.5 Å². The van der Waals surface area contributed by atoms with E-state index in [4.69, 9.17) is 14.0 Å². The number of nitrogens with zero attached hydrogens (tertiary/aromatic N) is 2. The number of para-hydroxylation sites is 1. The van der Waals surface area contributed by atoms with Gasteiger partial charge in [-0.05, 0) is 36.4 Å². The standard InChI is InChI=1S/C23H18N2O4S/c1-27-21-12-6-5-10-18(21)20-14-16(29-25-20)15-28-23(26)19-11-7-13-24-22(19)30-17-8-3-2-4-9-17/h2-14H,15H2,1H3. The van der Waals surface area contributed by atoms with Gasteiger partial charge in [-0.15, -0.1) is 0 Å². The number of ether oxygens (including phenoxy) is 2. The van der Waals surface area contributed by atoms with E-state index in [1.165, 1.54) is 11.8 Å². The molecule has 0 fully saturated rings. The molecule has 0 saturated carbocycles. The average molecular weight is 418 g/mol. The lowest BCUT2D eigenvalue weighted by molar-refractivity contribution is 0.0432. The van der Waals surface area contributed by atoms with Gasteiger partial charge in [-0.1, -0.05) is 47.3 Å². The summed E-state index contributed by atoms with van der Waals surface area (Å²) in [4.78, 5) is 18.0. The Hall–Kier alpha value is -3.58. The first-order chi connectivity index (χ1) is 14.7. The smallest absolute Gasteiger partial charge is 0.341 e. The summed E-state index contributed by atoms with van der Waals surface area (Å²) in [6.07, 6.45) is 1.65. The van der Waals surface area contributed by atoms with E-state index in [-0.39, 0.29) is 6.61 Å². The molecule has 0 bridgehead atoms. The van der Waals surface area contributed by atoms with Gasteiger partial charge < -0.3 is 14.0 Å². The predicted molar refractivity (Wildman–Crippen MR) is 112 cm³/mol. The second-order valence-corrected chi connectivity index (χ2v) is 7.29. The van der Waals surface area contributed by atoms with Crippen LogP contribution in [0, 0.1) is 0 Å². The van der Waals surface area contributed by atoms with Gasteiger partial charge in [-0.25, -0.2) is 9.78 Å². The number of carbonyl (C=O) groups excluding carboxylic acids is 1. The van der Waals surface area contributed by atoms with E-state index in [2.05, 4.69) is 10.1 Å². The third-order valence-electron chi connectivity index (χ3n) is 4.24. The summed E-state index contributed by atoms with van der Waals surface area (Å²) in [7, 11) is 1.60. The molecule has 0 radical (unpaired) electrons. The highest BCUT2D eigenvalue weighted by Gasteiger charge is 2.17. The number of benzene rings is 2. The molecule has 4 rings (SSSR count). The van der Waals surface area contributed by atoms with E-state index < -0.39 is 5.97 Å². The topological polar surface area (TPSA) is 74.5 Å². The molecule has 0 aliphatic heterocycles. The third kappa shape index (κ3) is 4.52. The summed E-state index contributed by atoms with van der Waals surface area (Å²) in [5.41, 5.74) is 1.81. The maximum atomic E-state index is 12.6. The fourth-order valence-corrected chi connectivity index (χ4v) is 3.70. The van der Waals surface area contributed by atoms with Gasteiger partial charge in [0.1, 0.15) is 16.5 Å². The Kier molecular flexibility index (Phi) is 6.10. The molecular weight excluding hydrogens is 400 g/mol. The maximum Gasteiger partial charge on any atom is 0.341 e. The Labute approximate surface area is 177 Å². The van der Waals surface area contributed by atoms with Crippen LogP contribution in [-0.4, -0.2) is 23.2 Å². The number of hydrogen-bond acceptors (Lipinski definition) is 7. The number of pyridine rings is 1. The second kappa shape index (κ2) is 9.28. The third-order valence-corrected chi connectivity index (χ3v) is 5.26. The quantitative estimate of drug-likeness (QED) is 0.379. The fraction of sp³-hybridized carbons (Fsp3) is 0.0870. The Morgan fingerprint density at radius 1 is 1.03 bits per heavy atom. The van der Waals surface area contributed by atoms with Crippen molar-refractivity contribution in [2.75, 3.05) is 7.11 Å². The van der Waals surface area contributed by atoms with Gasteiger partial charge in [0.15, 0.2) is 12.4 Å². The molecule has 7 heteroatoms. The molecule has 150 valence electrons. The van der Waals surface area contributed by atoms with Gasteiger partial charge in [-0.3, -0.25) is 0 Å². The van der Waals surface area contributed by atoms with Crippen LogP contribution < -0.4 is 4.74 Å². The van der Waals surface area contributed by atoms with Crippen LogP contribution in [0.2, 0.25) is 0 Å². The van der Waals surface area contributed by atoms with E-state index in [0.29, 0.717) is 27.8 Å². The zero-order chi connectivity index (χ0) is 20.8. The molecule has 2 aromatic carbocycles. The largest absolute Gasteiger partial charge is 0.496 e. The lowest BCUT2D eigenvalue weighted by atomic mass is 10.1. The van der Waals surface area contributed by atoms with Crippen molar-refractivity contribution < 1.29 is 18.8 Å². The van der Waals surface area contributed by atoms with Gasteiger partial charge >= 0.3 is 5.97 Å². The first kappa shape index (κ1) is 19.7. The van der Waals surface area contributed by atoms with E-state index in [9.17, 15) is 4.79 Å². The van der Waals surface area contributed by atoms with Crippen molar-refractivity contribution in [1.82, 2.24) is 10.1 Å². The molecule has 2 aromatic heterocycles. The van der Waals surface area contributed by atoms with Crippen LogP contribution >= 0.6 is 11.8 Å². The van der Waals surface area contributed by atoms with E-state index in [1.807, 2.05) is 54.6 Å². The lowest BCUT2D eigenvalue weighted by Gasteiger charge is -2.07. The molecule has 6 nitrogen and oxygen atoms in total.